The van der Waals surface area contributed by atoms with Gasteiger partial charge in [-0.25, -0.2) is 0 Å². The molecule has 1 heterocycles. The molecule has 1 aromatic heterocycles. The second kappa shape index (κ2) is 8.31. The zero-order chi connectivity index (χ0) is 11.6. The Bertz CT molecular complexity index is 351. The van der Waals surface area contributed by atoms with Gasteiger partial charge in [0.25, 0.3) is 0 Å². The van der Waals surface area contributed by atoms with Crippen molar-refractivity contribution in [1.82, 2.24) is 0 Å². The van der Waals surface area contributed by atoms with Gasteiger partial charge in [-0.3, -0.25) is 0 Å². The highest BCUT2D eigenvalue weighted by Crippen LogP contribution is 2.16. The lowest BCUT2D eigenvalue weighted by molar-refractivity contribution is 0.0462. The Morgan fingerprint density at radius 2 is 2.19 bits per heavy atom. The van der Waals surface area contributed by atoms with Gasteiger partial charge in [-0.2, -0.15) is 0 Å². The molecule has 0 bridgehead atoms. The van der Waals surface area contributed by atoms with Crippen molar-refractivity contribution in [3.8, 4) is 11.8 Å². The summed E-state index contributed by atoms with van der Waals surface area (Å²) in [4.78, 5) is 1.15. The van der Waals surface area contributed by atoms with E-state index in [1.54, 1.807) is 11.3 Å². The molecule has 0 aromatic carbocycles. The number of hydrogen-bond donors (Lipinski definition) is 1. The van der Waals surface area contributed by atoms with E-state index in [0.29, 0.717) is 26.4 Å². The van der Waals surface area contributed by atoms with Crippen LogP contribution in [0.4, 0.5) is 0 Å². The summed E-state index contributed by atoms with van der Waals surface area (Å²) in [7, 11) is 0. The van der Waals surface area contributed by atoms with E-state index in [4.69, 9.17) is 15.2 Å². The molecular formula is C12H17NO2S. The molecular weight excluding hydrogens is 222 g/mol. The number of rotatable bonds is 6. The van der Waals surface area contributed by atoms with Gasteiger partial charge in [0.2, 0.25) is 0 Å². The summed E-state index contributed by atoms with van der Waals surface area (Å²) in [6.45, 7) is 4.95. The Morgan fingerprint density at radius 3 is 2.94 bits per heavy atom. The molecule has 88 valence electrons. The summed E-state index contributed by atoms with van der Waals surface area (Å²) >= 11 is 1.65. The molecule has 0 aliphatic carbocycles. The zero-order valence-electron chi connectivity index (χ0n) is 9.49. The van der Waals surface area contributed by atoms with Crippen LogP contribution in [0, 0.1) is 11.8 Å². The van der Waals surface area contributed by atoms with E-state index in [2.05, 4.69) is 11.8 Å². The Kier molecular flexibility index (Phi) is 6.86. The Labute approximate surface area is 101 Å². The lowest BCUT2D eigenvalue weighted by Crippen LogP contribution is -2.03. The molecule has 0 atom stereocenters. The van der Waals surface area contributed by atoms with Crippen LogP contribution in [0.2, 0.25) is 0 Å². The number of nitrogens with two attached hydrogens (primary N) is 1. The van der Waals surface area contributed by atoms with Gasteiger partial charge in [0.05, 0.1) is 26.4 Å². The van der Waals surface area contributed by atoms with E-state index in [1.807, 2.05) is 18.4 Å². The van der Waals surface area contributed by atoms with E-state index in [-0.39, 0.29) is 0 Å². The molecule has 2 N–H and O–H groups in total. The molecule has 0 radical (unpaired) electrons. The fraction of sp³-hybridized carbons (Fsp3) is 0.500. The minimum atomic E-state index is 0.389. The van der Waals surface area contributed by atoms with Crippen molar-refractivity contribution in [2.24, 2.45) is 5.73 Å². The van der Waals surface area contributed by atoms with Crippen LogP contribution in [0.3, 0.4) is 0 Å². The maximum absolute atomic E-state index is 5.49. The van der Waals surface area contributed by atoms with Gasteiger partial charge in [0.15, 0.2) is 0 Å². The minimum Gasteiger partial charge on any atom is -0.379 e. The highest BCUT2D eigenvalue weighted by molar-refractivity contribution is 7.10. The molecule has 0 spiro atoms. The van der Waals surface area contributed by atoms with E-state index < -0.39 is 0 Å². The van der Waals surface area contributed by atoms with Crippen LogP contribution < -0.4 is 5.73 Å². The van der Waals surface area contributed by atoms with Crippen molar-refractivity contribution < 1.29 is 9.47 Å². The fourth-order valence-corrected chi connectivity index (χ4v) is 1.90. The van der Waals surface area contributed by atoms with Crippen molar-refractivity contribution in [3.63, 3.8) is 0 Å². The van der Waals surface area contributed by atoms with E-state index >= 15 is 0 Å². The smallest absolute Gasteiger partial charge is 0.0823 e. The normalized spacial score (nSPS) is 9.88. The first kappa shape index (κ1) is 13.2. The van der Waals surface area contributed by atoms with Crippen LogP contribution in [0.1, 0.15) is 17.4 Å². The summed E-state index contributed by atoms with van der Waals surface area (Å²) in [5, 5.41) is 2.02. The Morgan fingerprint density at radius 1 is 1.38 bits per heavy atom. The Balaban J connectivity index is 2.33. The average molecular weight is 239 g/mol. The zero-order valence-corrected chi connectivity index (χ0v) is 10.3. The molecule has 0 saturated carbocycles. The largest absolute Gasteiger partial charge is 0.379 e. The van der Waals surface area contributed by atoms with E-state index in [1.165, 1.54) is 0 Å². The van der Waals surface area contributed by atoms with Crippen LogP contribution in [0.5, 0.6) is 0 Å². The van der Waals surface area contributed by atoms with Gasteiger partial charge in [-0.1, -0.05) is 11.8 Å². The molecule has 4 heteroatoms. The summed E-state index contributed by atoms with van der Waals surface area (Å²) < 4.78 is 10.7. The first-order valence-electron chi connectivity index (χ1n) is 5.29. The number of ether oxygens (including phenoxy) is 2. The predicted octanol–water partition coefficient (Wildman–Crippen LogP) is 1.61. The molecule has 1 rings (SSSR count). The summed E-state index contributed by atoms with van der Waals surface area (Å²) in [5.41, 5.74) is 6.35. The molecule has 3 nitrogen and oxygen atoms in total. The third kappa shape index (κ3) is 4.77. The van der Waals surface area contributed by atoms with Crippen LogP contribution in [0.25, 0.3) is 0 Å². The number of hydrogen-bond acceptors (Lipinski definition) is 4. The summed E-state index contributed by atoms with van der Waals surface area (Å²) in [6, 6.07) is 1.99. The second-order valence-electron chi connectivity index (χ2n) is 3.01. The summed E-state index contributed by atoms with van der Waals surface area (Å²) in [5.74, 6) is 5.88. The van der Waals surface area contributed by atoms with Crippen molar-refractivity contribution in [1.29, 1.82) is 0 Å². The lowest BCUT2D eigenvalue weighted by Gasteiger charge is -2.03. The monoisotopic (exact) mass is 239 g/mol. The SMILES string of the molecule is CCOCCOCc1sccc1C#CCN. The minimum absolute atomic E-state index is 0.389. The van der Waals surface area contributed by atoms with Crippen molar-refractivity contribution >= 4 is 11.3 Å². The molecule has 0 saturated heterocycles. The first-order valence-corrected chi connectivity index (χ1v) is 6.17. The number of thiophene rings is 1. The second-order valence-corrected chi connectivity index (χ2v) is 4.01. The molecule has 0 fully saturated rings. The van der Waals surface area contributed by atoms with Crippen molar-refractivity contribution in [2.75, 3.05) is 26.4 Å². The lowest BCUT2D eigenvalue weighted by atomic mass is 10.2. The van der Waals surface area contributed by atoms with E-state index in [0.717, 1.165) is 17.0 Å². The average Bonchev–Trinajstić information content (AvgIpc) is 2.74. The van der Waals surface area contributed by atoms with E-state index in [9.17, 15) is 0 Å². The van der Waals surface area contributed by atoms with Crippen LogP contribution in [-0.2, 0) is 16.1 Å². The van der Waals surface area contributed by atoms with Gasteiger partial charge in [0, 0.05) is 17.0 Å². The van der Waals surface area contributed by atoms with Gasteiger partial charge < -0.3 is 15.2 Å². The quantitative estimate of drug-likeness (QED) is 0.606. The highest BCUT2D eigenvalue weighted by Gasteiger charge is 2.01. The first-order chi connectivity index (χ1) is 7.88. The topological polar surface area (TPSA) is 44.5 Å². The Hall–Kier alpha value is -0.860. The predicted molar refractivity (Wildman–Crippen MR) is 66.4 cm³/mol. The molecule has 0 aliphatic heterocycles. The third-order valence-corrected chi connectivity index (χ3v) is 2.77. The van der Waals surface area contributed by atoms with Crippen LogP contribution in [-0.4, -0.2) is 26.4 Å². The maximum atomic E-state index is 5.49. The molecule has 1 aromatic rings. The standard InChI is InChI=1S/C12H17NO2S/c1-2-14-7-8-15-10-12-11(4-3-6-13)5-9-16-12/h5,9H,2,6-8,10,13H2,1H3. The van der Waals surface area contributed by atoms with Gasteiger partial charge in [0.1, 0.15) is 0 Å². The fourth-order valence-electron chi connectivity index (χ4n) is 1.14. The molecule has 0 unspecified atom stereocenters. The molecule has 0 aliphatic rings. The molecule has 16 heavy (non-hydrogen) atoms. The van der Waals surface area contributed by atoms with Crippen molar-refractivity contribution in [2.45, 2.75) is 13.5 Å². The van der Waals surface area contributed by atoms with Gasteiger partial charge in [-0.05, 0) is 18.4 Å². The van der Waals surface area contributed by atoms with Crippen molar-refractivity contribution in [3.05, 3.63) is 21.9 Å². The van der Waals surface area contributed by atoms with Crippen LogP contribution in [0.15, 0.2) is 11.4 Å². The van der Waals surface area contributed by atoms with Gasteiger partial charge in [-0.15, -0.1) is 11.3 Å². The molecule has 0 amide bonds. The highest BCUT2D eigenvalue weighted by atomic mass is 32.1. The maximum Gasteiger partial charge on any atom is 0.0823 e. The third-order valence-electron chi connectivity index (χ3n) is 1.88. The summed E-state index contributed by atoms with van der Waals surface area (Å²) in [6.07, 6.45) is 0. The van der Waals surface area contributed by atoms with Gasteiger partial charge >= 0.3 is 0 Å². The van der Waals surface area contributed by atoms with Crippen LogP contribution >= 0.6 is 11.3 Å².